The van der Waals surface area contributed by atoms with Gasteiger partial charge >= 0.3 is 5.97 Å². The predicted octanol–water partition coefficient (Wildman–Crippen LogP) is 0.902. The average molecular weight is 263 g/mol. The lowest BCUT2D eigenvalue weighted by atomic mass is 10.0. The van der Waals surface area contributed by atoms with E-state index in [0.717, 1.165) is 5.69 Å². The minimum atomic E-state index is -0.806. The van der Waals surface area contributed by atoms with Crippen LogP contribution in [0.5, 0.6) is 0 Å². The first kappa shape index (κ1) is 13.5. The van der Waals surface area contributed by atoms with Crippen LogP contribution in [-0.4, -0.2) is 27.0 Å². The van der Waals surface area contributed by atoms with Crippen LogP contribution in [0.2, 0.25) is 0 Å². The van der Waals surface area contributed by atoms with E-state index in [-0.39, 0.29) is 17.7 Å². The molecule has 2 atom stereocenters. The molecule has 1 saturated carbocycles. The van der Waals surface area contributed by atoms with Gasteiger partial charge in [-0.3, -0.25) is 19.6 Å². The Morgan fingerprint density at radius 2 is 2.05 bits per heavy atom. The molecule has 6 heteroatoms. The zero-order valence-electron chi connectivity index (χ0n) is 10.8. The summed E-state index contributed by atoms with van der Waals surface area (Å²) in [6.07, 6.45) is 4.93. The lowest BCUT2D eigenvalue weighted by Gasteiger charge is -2.10. The summed E-state index contributed by atoms with van der Waals surface area (Å²) in [5.41, 5.74) is 1.53. The second kappa shape index (κ2) is 5.77. The molecule has 0 aliphatic heterocycles. The molecule has 1 aromatic heterocycles. The maximum atomic E-state index is 11.9. The Morgan fingerprint density at radius 1 is 1.32 bits per heavy atom. The summed E-state index contributed by atoms with van der Waals surface area (Å²) in [4.78, 5) is 31.0. The van der Waals surface area contributed by atoms with Crippen molar-refractivity contribution in [1.29, 1.82) is 0 Å². The predicted molar refractivity (Wildman–Crippen MR) is 67.1 cm³/mol. The highest BCUT2D eigenvalue weighted by Gasteiger charge is 2.33. The van der Waals surface area contributed by atoms with E-state index >= 15 is 0 Å². The van der Waals surface area contributed by atoms with E-state index in [1.54, 1.807) is 12.4 Å². The Balaban J connectivity index is 1.82. The standard InChI is InChI=1S/C13H17N3O3/c1-8-5-15-11(6-14-8)7-16-12(17)9-2-3-10(4-9)13(18)19/h5-6,9-10H,2-4,7H2,1H3,(H,16,17)(H,18,19). The number of nitrogens with one attached hydrogen (secondary N) is 1. The fourth-order valence-corrected chi connectivity index (χ4v) is 2.28. The molecule has 102 valence electrons. The number of rotatable bonds is 4. The first-order valence-electron chi connectivity index (χ1n) is 6.34. The van der Waals surface area contributed by atoms with Crippen LogP contribution in [0.1, 0.15) is 30.7 Å². The van der Waals surface area contributed by atoms with Gasteiger partial charge in [-0.05, 0) is 26.2 Å². The largest absolute Gasteiger partial charge is 0.481 e. The Morgan fingerprint density at radius 3 is 2.63 bits per heavy atom. The molecule has 1 heterocycles. The third-order valence-electron chi connectivity index (χ3n) is 3.43. The number of aromatic nitrogens is 2. The maximum Gasteiger partial charge on any atom is 0.306 e. The lowest BCUT2D eigenvalue weighted by Crippen LogP contribution is -2.29. The highest BCUT2D eigenvalue weighted by atomic mass is 16.4. The normalized spacial score (nSPS) is 22.2. The van der Waals surface area contributed by atoms with Crippen molar-refractivity contribution in [3.05, 3.63) is 23.8 Å². The van der Waals surface area contributed by atoms with Crippen LogP contribution >= 0.6 is 0 Å². The number of aliphatic carboxylic acids is 1. The van der Waals surface area contributed by atoms with E-state index in [9.17, 15) is 9.59 Å². The topological polar surface area (TPSA) is 92.2 Å². The highest BCUT2D eigenvalue weighted by Crippen LogP contribution is 2.31. The van der Waals surface area contributed by atoms with Crippen molar-refractivity contribution in [1.82, 2.24) is 15.3 Å². The SMILES string of the molecule is Cc1cnc(CNC(=O)C2CCC(C(=O)O)C2)cn1. The van der Waals surface area contributed by atoms with Gasteiger partial charge in [0, 0.05) is 12.1 Å². The minimum absolute atomic E-state index is 0.0916. The molecule has 6 nitrogen and oxygen atoms in total. The summed E-state index contributed by atoms with van der Waals surface area (Å²) in [6, 6.07) is 0. The number of carboxylic acid groups (broad SMARTS) is 1. The zero-order chi connectivity index (χ0) is 13.8. The number of amides is 1. The van der Waals surface area contributed by atoms with Gasteiger partial charge < -0.3 is 10.4 Å². The Kier molecular flexibility index (Phi) is 4.09. The Bertz CT molecular complexity index is 473. The molecule has 0 aromatic carbocycles. The van der Waals surface area contributed by atoms with Crippen LogP contribution in [0.3, 0.4) is 0 Å². The van der Waals surface area contributed by atoms with Crippen LogP contribution in [0.25, 0.3) is 0 Å². The number of nitrogens with zero attached hydrogens (tertiary/aromatic N) is 2. The molecule has 0 bridgehead atoms. The van der Waals surface area contributed by atoms with Crippen LogP contribution < -0.4 is 5.32 Å². The van der Waals surface area contributed by atoms with Crippen molar-refractivity contribution in [2.24, 2.45) is 11.8 Å². The average Bonchev–Trinajstić information content (AvgIpc) is 2.87. The van der Waals surface area contributed by atoms with Gasteiger partial charge in [-0.25, -0.2) is 0 Å². The summed E-state index contributed by atoms with van der Waals surface area (Å²) in [5.74, 6) is -1.47. The molecule has 0 saturated heterocycles. The van der Waals surface area contributed by atoms with E-state index in [0.29, 0.717) is 31.5 Å². The number of carbonyl (C=O) groups excluding carboxylic acids is 1. The maximum absolute atomic E-state index is 11.9. The monoisotopic (exact) mass is 263 g/mol. The van der Waals surface area contributed by atoms with E-state index in [1.165, 1.54) is 0 Å². The van der Waals surface area contributed by atoms with Crippen LogP contribution in [0.4, 0.5) is 0 Å². The van der Waals surface area contributed by atoms with E-state index in [2.05, 4.69) is 15.3 Å². The number of carboxylic acids is 1. The summed E-state index contributed by atoms with van der Waals surface area (Å²) in [7, 11) is 0. The number of carbonyl (C=O) groups is 2. The van der Waals surface area contributed by atoms with Crippen molar-refractivity contribution in [2.45, 2.75) is 32.7 Å². The van der Waals surface area contributed by atoms with Gasteiger partial charge in [-0.1, -0.05) is 0 Å². The summed E-state index contributed by atoms with van der Waals surface area (Å²) < 4.78 is 0. The van der Waals surface area contributed by atoms with Gasteiger partial charge in [-0.15, -0.1) is 0 Å². The van der Waals surface area contributed by atoms with Crippen molar-refractivity contribution in [3.8, 4) is 0 Å². The van der Waals surface area contributed by atoms with E-state index in [1.807, 2.05) is 6.92 Å². The van der Waals surface area contributed by atoms with Gasteiger partial charge in [0.1, 0.15) is 0 Å². The molecule has 1 aliphatic rings. The molecule has 1 aliphatic carbocycles. The molecule has 0 radical (unpaired) electrons. The van der Waals surface area contributed by atoms with E-state index in [4.69, 9.17) is 5.11 Å². The van der Waals surface area contributed by atoms with Crippen molar-refractivity contribution in [2.75, 3.05) is 0 Å². The van der Waals surface area contributed by atoms with Gasteiger partial charge in [0.2, 0.25) is 5.91 Å². The Labute approximate surface area is 111 Å². The third kappa shape index (κ3) is 3.49. The Hall–Kier alpha value is -1.98. The summed E-state index contributed by atoms with van der Waals surface area (Å²) in [5, 5.41) is 11.7. The van der Waals surface area contributed by atoms with E-state index < -0.39 is 5.97 Å². The number of aryl methyl sites for hydroxylation is 1. The van der Waals surface area contributed by atoms with Crippen LogP contribution in [0.15, 0.2) is 12.4 Å². The molecule has 2 N–H and O–H groups in total. The minimum Gasteiger partial charge on any atom is -0.481 e. The third-order valence-corrected chi connectivity index (χ3v) is 3.43. The molecular weight excluding hydrogens is 246 g/mol. The van der Waals surface area contributed by atoms with Crippen molar-refractivity contribution in [3.63, 3.8) is 0 Å². The molecule has 0 spiro atoms. The van der Waals surface area contributed by atoms with Gasteiger partial charge in [-0.2, -0.15) is 0 Å². The van der Waals surface area contributed by atoms with Crippen LogP contribution in [0, 0.1) is 18.8 Å². The van der Waals surface area contributed by atoms with Gasteiger partial charge in [0.05, 0.1) is 30.0 Å². The second-order valence-electron chi connectivity index (χ2n) is 4.91. The zero-order valence-corrected chi connectivity index (χ0v) is 10.8. The lowest BCUT2D eigenvalue weighted by molar-refractivity contribution is -0.141. The van der Waals surface area contributed by atoms with Gasteiger partial charge in [0.15, 0.2) is 0 Å². The number of hydrogen-bond donors (Lipinski definition) is 2. The fourth-order valence-electron chi connectivity index (χ4n) is 2.28. The first-order chi connectivity index (χ1) is 9.06. The molecule has 2 rings (SSSR count). The van der Waals surface area contributed by atoms with Crippen molar-refractivity contribution >= 4 is 11.9 Å². The number of hydrogen-bond acceptors (Lipinski definition) is 4. The molecule has 1 aromatic rings. The smallest absolute Gasteiger partial charge is 0.306 e. The molecular formula is C13H17N3O3. The molecule has 19 heavy (non-hydrogen) atoms. The molecule has 1 fully saturated rings. The van der Waals surface area contributed by atoms with Gasteiger partial charge in [0.25, 0.3) is 0 Å². The fraction of sp³-hybridized carbons (Fsp3) is 0.538. The van der Waals surface area contributed by atoms with Crippen molar-refractivity contribution < 1.29 is 14.7 Å². The summed E-state index contributed by atoms with van der Waals surface area (Å²) in [6.45, 7) is 2.18. The second-order valence-corrected chi connectivity index (χ2v) is 4.91. The quantitative estimate of drug-likeness (QED) is 0.842. The summed E-state index contributed by atoms with van der Waals surface area (Å²) >= 11 is 0. The van der Waals surface area contributed by atoms with Crippen LogP contribution in [-0.2, 0) is 16.1 Å². The highest BCUT2D eigenvalue weighted by molar-refractivity contribution is 5.80. The molecule has 1 amide bonds. The first-order valence-corrected chi connectivity index (χ1v) is 6.34. The molecule has 2 unspecified atom stereocenters.